The molecule has 0 amide bonds. The van der Waals surface area contributed by atoms with E-state index >= 15 is 0 Å². The lowest BCUT2D eigenvalue weighted by Gasteiger charge is -2.20. The third-order valence-corrected chi connectivity index (χ3v) is 6.06. The molecule has 0 atom stereocenters. The summed E-state index contributed by atoms with van der Waals surface area (Å²) in [5.74, 6) is 0.398. The maximum Gasteiger partial charge on any atom is 0.193 e. The fourth-order valence-corrected chi connectivity index (χ4v) is 2.48. The summed E-state index contributed by atoms with van der Waals surface area (Å²) in [6.07, 6.45) is 0. The topological polar surface area (TPSA) is 55.8 Å². The van der Waals surface area contributed by atoms with Crippen LogP contribution < -0.4 is 4.74 Å². The summed E-state index contributed by atoms with van der Waals surface area (Å²) in [7, 11) is -1.51. The van der Waals surface area contributed by atoms with Crippen LogP contribution in [0.3, 0.4) is 0 Å². The predicted octanol–water partition coefficient (Wildman–Crippen LogP) is 3.26. The van der Waals surface area contributed by atoms with Crippen LogP contribution >= 0.6 is 0 Å². The molecule has 0 aliphatic rings. The largest absolute Gasteiger partial charge is 0.491 e. The lowest BCUT2D eigenvalue weighted by atomic mass is 9.97. The predicted molar refractivity (Wildman–Crippen MR) is 86.5 cm³/mol. The highest BCUT2D eigenvalue weighted by molar-refractivity contribution is 6.71. The zero-order valence-electron chi connectivity index (χ0n) is 13.6. The van der Waals surface area contributed by atoms with Crippen molar-refractivity contribution in [3.05, 3.63) is 29.8 Å². The third-order valence-electron chi connectivity index (χ3n) is 3.37. The van der Waals surface area contributed by atoms with Gasteiger partial charge in [-0.2, -0.15) is 0 Å². The second-order valence-electron chi connectivity index (χ2n) is 6.22. The summed E-state index contributed by atoms with van der Waals surface area (Å²) in [4.78, 5) is 11.9. The van der Waals surface area contributed by atoms with Crippen molar-refractivity contribution in [3.8, 4) is 5.75 Å². The van der Waals surface area contributed by atoms with Gasteiger partial charge in [0.2, 0.25) is 0 Å². The molecule has 0 spiro atoms. The minimum Gasteiger partial charge on any atom is -0.491 e. The Bertz CT molecular complexity index is 460. The first kappa shape index (κ1) is 17.9. The number of ether oxygens (including phenoxy) is 1. The number of carbonyl (C=O) groups is 1. The quantitative estimate of drug-likeness (QED) is 0.455. The zero-order valence-corrected chi connectivity index (χ0v) is 14.6. The Kier molecular flexibility index (Phi) is 6.13. The first-order chi connectivity index (χ1) is 9.65. The third kappa shape index (κ3) is 5.99. The van der Waals surface area contributed by atoms with Gasteiger partial charge in [-0.1, -0.05) is 6.92 Å². The normalized spacial score (nSPS) is 12.3. The Labute approximate surface area is 128 Å². The molecule has 0 unspecified atom stereocenters. The van der Waals surface area contributed by atoms with E-state index in [0.717, 1.165) is 6.04 Å². The molecule has 0 aliphatic carbocycles. The Hall–Kier alpha value is -1.17. The minimum absolute atomic E-state index is 0.298. The van der Waals surface area contributed by atoms with E-state index in [-0.39, 0.29) is 5.78 Å². The van der Waals surface area contributed by atoms with Crippen molar-refractivity contribution in [2.45, 2.75) is 45.5 Å². The number of hydrogen-bond acceptors (Lipinski definition) is 4. The van der Waals surface area contributed by atoms with Crippen LogP contribution in [0.2, 0.25) is 19.1 Å². The van der Waals surface area contributed by atoms with E-state index in [4.69, 9.17) is 9.16 Å². The molecule has 1 aromatic carbocycles. The van der Waals surface area contributed by atoms with Gasteiger partial charge in [-0.05, 0) is 57.3 Å². The minimum atomic E-state index is -1.51. The van der Waals surface area contributed by atoms with Crippen LogP contribution in [0.15, 0.2) is 24.3 Å². The molecule has 0 saturated carbocycles. The summed E-state index contributed by atoms with van der Waals surface area (Å²) in [5.41, 5.74) is -0.877. The fourth-order valence-electron chi connectivity index (χ4n) is 1.64. The molecule has 0 saturated heterocycles. The van der Waals surface area contributed by atoms with E-state index in [1.165, 1.54) is 13.8 Å². The second-order valence-corrected chi connectivity index (χ2v) is 10.7. The van der Waals surface area contributed by atoms with Gasteiger partial charge in [-0.15, -0.1) is 0 Å². The average molecular weight is 310 g/mol. The van der Waals surface area contributed by atoms with Gasteiger partial charge in [0.25, 0.3) is 0 Å². The average Bonchev–Trinajstić information content (AvgIpc) is 2.42. The van der Waals surface area contributed by atoms with Gasteiger partial charge in [0.1, 0.15) is 18.0 Å². The fraction of sp³-hybridized carbons (Fsp3) is 0.562. The zero-order chi connectivity index (χ0) is 16.1. The lowest BCUT2D eigenvalue weighted by Crippen LogP contribution is -2.31. The second kappa shape index (κ2) is 7.20. The molecule has 0 aliphatic heterocycles. The molecule has 118 valence electrons. The first-order valence-corrected chi connectivity index (χ1v) is 10.4. The number of benzene rings is 1. The highest BCUT2D eigenvalue weighted by atomic mass is 28.4. The van der Waals surface area contributed by atoms with Gasteiger partial charge in [0, 0.05) is 5.56 Å². The molecule has 5 heteroatoms. The molecule has 0 heterocycles. The number of aliphatic hydroxyl groups is 1. The summed E-state index contributed by atoms with van der Waals surface area (Å²) in [6, 6.07) is 7.89. The van der Waals surface area contributed by atoms with E-state index in [2.05, 4.69) is 20.0 Å². The molecule has 21 heavy (non-hydrogen) atoms. The summed E-state index contributed by atoms with van der Waals surface area (Å²) in [5, 5.41) is 9.69. The van der Waals surface area contributed by atoms with Crippen molar-refractivity contribution in [1.29, 1.82) is 0 Å². The van der Waals surface area contributed by atoms with Crippen molar-refractivity contribution < 1.29 is 19.1 Å². The van der Waals surface area contributed by atoms with Gasteiger partial charge in [0.05, 0.1) is 6.61 Å². The molecular weight excluding hydrogens is 284 g/mol. The number of ketones is 1. The van der Waals surface area contributed by atoms with Crippen molar-refractivity contribution >= 4 is 14.1 Å². The van der Waals surface area contributed by atoms with E-state index in [0.29, 0.717) is 24.5 Å². The Morgan fingerprint density at radius 3 is 2.24 bits per heavy atom. The van der Waals surface area contributed by atoms with Crippen molar-refractivity contribution in [2.24, 2.45) is 0 Å². The molecule has 0 fully saturated rings. The maximum atomic E-state index is 11.9. The van der Waals surface area contributed by atoms with Crippen molar-refractivity contribution in [2.75, 3.05) is 13.2 Å². The highest BCUT2D eigenvalue weighted by Crippen LogP contribution is 2.17. The highest BCUT2D eigenvalue weighted by Gasteiger charge is 2.25. The van der Waals surface area contributed by atoms with Gasteiger partial charge < -0.3 is 14.3 Å². The molecule has 0 radical (unpaired) electrons. The number of rotatable bonds is 8. The number of hydrogen-bond donors (Lipinski definition) is 1. The first-order valence-electron chi connectivity index (χ1n) is 7.30. The standard InChI is InChI=1S/C16H26O4Si/c1-6-21(4,5)20-12-11-19-14-9-7-13(8-10-14)15(17)16(2,3)18/h7-10,18H,6,11-12H2,1-5H3. The van der Waals surface area contributed by atoms with Gasteiger partial charge in [-0.3, -0.25) is 4.79 Å². The SMILES string of the molecule is CC[Si](C)(C)OCCOc1ccc(C(=O)C(C)(C)O)cc1. The molecule has 0 bridgehead atoms. The van der Waals surface area contributed by atoms with E-state index in [1.54, 1.807) is 24.3 Å². The van der Waals surface area contributed by atoms with Crippen LogP contribution in [0, 0.1) is 0 Å². The van der Waals surface area contributed by atoms with Gasteiger partial charge in [-0.25, -0.2) is 0 Å². The van der Waals surface area contributed by atoms with Crippen LogP contribution in [-0.2, 0) is 4.43 Å². The smallest absolute Gasteiger partial charge is 0.193 e. The van der Waals surface area contributed by atoms with Crippen LogP contribution in [-0.4, -0.2) is 38.0 Å². The van der Waals surface area contributed by atoms with E-state index in [1.807, 2.05) is 0 Å². The Morgan fingerprint density at radius 1 is 1.19 bits per heavy atom. The monoisotopic (exact) mass is 310 g/mol. The lowest BCUT2D eigenvalue weighted by molar-refractivity contribution is 0.0488. The molecule has 4 nitrogen and oxygen atoms in total. The molecule has 1 N–H and O–H groups in total. The van der Waals surface area contributed by atoms with Crippen molar-refractivity contribution in [1.82, 2.24) is 0 Å². The maximum absolute atomic E-state index is 11.9. The Morgan fingerprint density at radius 2 is 1.76 bits per heavy atom. The summed E-state index contributed by atoms with van der Waals surface area (Å²) >= 11 is 0. The summed E-state index contributed by atoms with van der Waals surface area (Å²) in [6.45, 7) is 10.6. The van der Waals surface area contributed by atoms with Crippen molar-refractivity contribution in [3.63, 3.8) is 0 Å². The molecule has 1 rings (SSSR count). The van der Waals surface area contributed by atoms with Crippen LogP contribution in [0.25, 0.3) is 0 Å². The number of Topliss-reactive ketones (excluding diaryl/α,β-unsaturated/α-hetero) is 1. The van der Waals surface area contributed by atoms with Gasteiger partial charge >= 0.3 is 0 Å². The molecule has 1 aromatic rings. The number of carbonyl (C=O) groups excluding carboxylic acids is 1. The summed E-state index contributed by atoms with van der Waals surface area (Å²) < 4.78 is 11.4. The van der Waals surface area contributed by atoms with E-state index in [9.17, 15) is 9.90 Å². The van der Waals surface area contributed by atoms with E-state index < -0.39 is 13.9 Å². The Balaban J connectivity index is 2.47. The van der Waals surface area contributed by atoms with Gasteiger partial charge in [0.15, 0.2) is 14.1 Å². The van der Waals surface area contributed by atoms with Crippen LogP contribution in [0.4, 0.5) is 0 Å². The van der Waals surface area contributed by atoms with Crippen LogP contribution in [0.1, 0.15) is 31.1 Å². The molecular formula is C16H26O4Si. The van der Waals surface area contributed by atoms with Crippen LogP contribution in [0.5, 0.6) is 5.75 Å². The molecule has 0 aromatic heterocycles.